The zero-order chi connectivity index (χ0) is 14.0. The maximum absolute atomic E-state index is 9.61. The van der Waals surface area contributed by atoms with Gasteiger partial charge in [-0.15, -0.1) is 0 Å². The average molecular weight is 261 g/mol. The molecule has 2 aromatic rings. The number of aryl methyl sites for hydroxylation is 2. The van der Waals surface area contributed by atoms with Crippen LogP contribution in [-0.2, 0) is 13.5 Å². The van der Waals surface area contributed by atoms with Gasteiger partial charge in [0.25, 0.3) is 0 Å². The van der Waals surface area contributed by atoms with E-state index in [0.29, 0.717) is 6.54 Å². The second kappa shape index (κ2) is 5.31. The van der Waals surface area contributed by atoms with Crippen LogP contribution in [0.25, 0.3) is 11.0 Å². The Labute approximate surface area is 114 Å². The van der Waals surface area contributed by atoms with Crippen molar-refractivity contribution in [1.29, 1.82) is 0 Å². The molecule has 1 heterocycles. The molecule has 0 radical (unpaired) electrons. The molecule has 1 aromatic carbocycles. The summed E-state index contributed by atoms with van der Waals surface area (Å²) in [4.78, 5) is 4.54. The summed E-state index contributed by atoms with van der Waals surface area (Å²) < 4.78 is 2.10. The number of nitrogens with one attached hydrogen (secondary N) is 1. The van der Waals surface area contributed by atoms with E-state index in [0.717, 1.165) is 24.3 Å². The molecule has 0 saturated carbocycles. The Morgan fingerprint density at radius 2 is 2.11 bits per heavy atom. The van der Waals surface area contributed by atoms with Crippen molar-refractivity contribution in [2.24, 2.45) is 7.05 Å². The van der Waals surface area contributed by atoms with Gasteiger partial charge in [-0.3, -0.25) is 0 Å². The van der Waals surface area contributed by atoms with Crippen molar-refractivity contribution in [2.45, 2.75) is 32.8 Å². The van der Waals surface area contributed by atoms with Gasteiger partial charge in [-0.1, -0.05) is 6.07 Å². The monoisotopic (exact) mass is 261 g/mol. The maximum Gasteiger partial charge on any atom is 0.106 e. The normalized spacial score (nSPS) is 12.3. The minimum absolute atomic E-state index is 0.609. The Morgan fingerprint density at radius 3 is 2.79 bits per heavy atom. The minimum atomic E-state index is -0.651. The Hall–Kier alpha value is -1.39. The highest BCUT2D eigenvalue weighted by atomic mass is 16.3. The fourth-order valence-electron chi connectivity index (χ4n) is 2.15. The van der Waals surface area contributed by atoms with Crippen molar-refractivity contribution in [3.8, 4) is 0 Å². The Morgan fingerprint density at radius 1 is 1.37 bits per heavy atom. The largest absolute Gasteiger partial charge is 0.389 e. The van der Waals surface area contributed by atoms with E-state index in [1.165, 1.54) is 11.1 Å². The zero-order valence-electron chi connectivity index (χ0n) is 12.2. The number of aromatic nitrogens is 2. The van der Waals surface area contributed by atoms with Crippen LogP contribution in [0.3, 0.4) is 0 Å². The molecule has 0 atom stereocenters. The molecule has 2 rings (SSSR count). The van der Waals surface area contributed by atoms with Crippen molar-refractivity contribution in [2.75, 3.05) is 13.1 Å². The number of hydrogen-bond donors (Lipinski definition) is 2. The minimum Gasteiger partial charge on any atom is -0.389 e. The van der Waals surface area contributed by atoms with Crippen molar-refractivity contribution in [3.05, 3.63) is 29.6 Å². The van der Waals surface area contributed by atoms with Gasteiger partial charge in [0.1, 0.15) is 5.82 Å². The fourth-order valence-corrected chi connectivity index (χ4v) is 2.15. The van der Waals surface area contributed by atoms with E-state index >= 15 is 0 Å². The Bertz CT molecular complexity index is 567. The smallest absolute Gasteiger partial charge is 0.106 e. The van der Waals surface area contributed by atoms with Crippen molar-refractivity contribution in [3.63, 3.8) is 0 Å². The van der Waals surface area contributed by atoms with Gasteiger partial charge in [0, 0.05) is 13.6 Å². The second-order valence-electron chi connectivity index (χ2n) is 5.78. The molecule has 1 aromatic heterocycles. The van der Waals surface area contributed by atoms with Gasteiger partial charge in [0.15, 0.2) is 0 Å². The molecule has 0 saturated heterocycles. The highest BCUT2D eigenvalue weighted by Crippen LogP contribution is 2.16. The second-order valence-corrected chi connectivity index (χ2v) is 5.78. The molecule has 4 nitrogen and oxygen atoms in total. The van der Waals surface area contributed by atoms with Gasteiger partial charge in [-0.05, 0) is 51.4 Å². The maximum atomic E-state index is 9.61. The molecule has 0 aliphatic carbocycles. The standard InChI is InChI=1S/C15H23N3O/c1-11-17-13-9-12(5-6-14(13)18(11)4)7-8-16-10-15(2,3)19/h5-6,9,16,19H,7-8,10H2,1-4H3. The predicted molar refractivity (Wildman–Crippen MR) is 78.3 cm³/mol. The molecular weight excluding hydrogens is 238 g/mol. The molecule has 2 N–H and O–H groups in total. The summed E-state index contributed by atoms with van der Waals surface area (Å²) in [5.41, 5.74) is 2.85. The molecule has 0 aliphatic heterocycles. The van der Waals surface area contributed by atoms with E-state index in [1.54, 1.807) is 0 Å². The lowest BCUT2D eigenvalue weighted by Crippen LogP contribution is -2.35. The molecule has 19 heavy (non-hydrogen) atoms. The van der Waals surface area contributed by atoms with E-state index in [9.17, 15) is 5.11 Å². The molecule has 0 aliphatic rings. The number of imidazole rings is 1. The van der Waals surface area contributed by atoms with Crippen LogP contribution in [0.1, 0.15) is 25.2 Å². The topological polar surface area (TPSA) is 50.1 Å². The van der Waals surface area contributed by atoms with E-state index in [-0.39, 0.29) is 0 Å². The van der Waals surface area contributed by atoms with E-state index in [4.69, 9.17) is 0 Å². The molecule has 0 spiro atoms. The fraction of sp³-hybridized carbons (Fsp3) is 0.533. The summed E-state index contributed by atoms with van der Waals surface area (Å²) in [5.74, 6) is 1.03. The lowest BCUT2D eigenvalue weighted by atomic mass is 10.1. The van der Waals surface area contributed by atoms with Gasteiger partial charge < -0.3 is 15.0 Å². The zero-order valence-corrected chi connectivity index (χ0v) is 12.2. The number of hydrogen-bond acceptors (Lipinski definition) is 3. The van der Waals surface area contributed by atoms with Crippen LogP contribution in [0.5, 0.6) is 0 Å². The molecule has 0 amide bonds. The number of nitrogens with zero attached hydrogens (tertiary/aromatic N) is 2. The summed E-state index contributed by atoms with van der Waals surface area (Å²) in [6, 6.07) is 6.42. The summed E-state index contributed by atoms with van der Waals surface area (Å²) in [6.07, 6.45) is 0.946. The van der Waals surface area contributed by atoms with Crippen LogP contribution in [0.15, 0.2) is 18.2 Å². The van der Waals surface area contributed by atoms with Crippen LogP contribution < -0.4 is 5.32 Å². The lowest BCUT2D eigenvalue weighted by Gasteiger charge is -2.17. The molecular formula is C15H23N3O. The third-order valence-corrected chi connectivity index (χ3v) is 3.32. The van der Waals surface area contributed by atoms with Crippen LogP contribution >= 0.6 is 0 Å². The average Bonchev–Trinajstić information content (AvgIpc) is 2.59. The first-order chi connectivity index (χ1) is 8.87. The first-order valence-electron chi connectivity index (χ1n) is 6.72. The molecule has 0 unspecified atom stereocenters. The van der Waals surface area contributed by atoms with Gasteiger partial charge in [-0.25, -0.2) is 4.98 Å². The third-order valence-electron chi connectivity index (χ3n) is 3.32. The summed E-state index contributed by atoms with van der Waals surface area (Å²) in [5, 5.41) is 12.9. The van der Waals surface area contributed by atoms with E-state index < -0.39 is 5.60 Å². The first-order valence-corrected chi connectivity index (χ1v) is 6.72. The van der Waals surface area contributed by atoms with Gasteiger partial charge in [0.2, 0.25) is 0 Å². The first kappa shape index (κ1) is 14.0. The highest BCUT2D eigenvalue weighted by Gasteiger charge is 2.11. The molecule has 0 bridgehead atoms. The van der Waals surface area contributed by atoms with Gasteiger partial charge in [0.05, 0.1) is 16.6 Å². The van der Waals surface area contributed by atoms with E-state index in [1.807, 2.05) is 27.8 Å². The Balaban J connectivity index is 1.98. The number of rotatable bonds is 5. The van der Waals surface area contributed by atoms with Gasteiger partial charge >= 0.3 is 0 Å². The van der Waals surface area contributed by atoms with Crippen molar-refractivity contribution < 1.29 is 5.11 Å². The molecule has 4 heteroatoms. The quantitative estimate of drug-likeness (QED) is 0.807. The number of fused-ring (bicyclic) bond motifs is 1. The summed E-state index contributed by atoms with van der Waals surface area (Å²) >= 11 is 0. The SMILES string of the molecule is Cc1nc2cc(CCNCC(C)(C)O)ccc2n1C. The summed E-state index contributed by atoms with van der Waals surface area (Å²) in [7, 11) is 2.04. The lowest BCUT2D eigenvalue weighted by molar-refractivity contribution is 0.0801. The van der Waals surface area contributed by atoms with Gasteiger partial charge in [-0.2, -0.15) is 0 Å². The Kier molecular flexibility index (Phi) is 3.92. The number of benzene rings is 1. The van der Waals surface area contributed by atoms with Crippen LogP contribution in [-0.4, -0.2) is 33.3 Å². The summed E-state index contributed by atoms with van der Waals surface area (Å²) in [6.45, 7) is 7.11. The van der Waals surface area contributed by atoms with Crippen LogP contribution in [0.2, 0.25) is 0 Å². The van der Waals surface area contributed by atoms with Crippen molar-refractivity contribution >= 4 is 11.0 Å². The number of aliphatic hydroxyl groups is 1. The third kappa shape index (κ3) is 3.55. The highest BCUT2D eigenvalue weighted by molar-refractivity contribution is 5.76. The van der Waals surface area contributed by atoms with Crippen molar-refractivity contribution in [1.82, 2.24) is 14.9 Å². The predicted octanol–water partition coefficient (Wildman–Crippen LogP) is 1.78. The van der Waals surface area contributed by atoms with Crippen LogP contribution in [0, 0.1) is 6.92 Å². The molecule has 0 fully saturated rings. The van der Waals surface area contributed by atoms with E-state index in [2.05, 4.69) is 33.1 Å². The molecule has 104 valence electrons. The van der Waals surface area contributed by atoms with Crippen LogP contribution in [0.4, 0.5) is 0 Å².